The third-order valence-corrected chi connectivity index (χ3v) is 6.95. The van der Waals surface area contributed by atoms with Crippen molar-refractivity contribution >= 4 is 22.6 Å². The summed E-state index contributed by atoms with van der Waals surface area (Å²) >= 11 is 0. The molecule has 0 aliphatic carbocycles. The number of halogens is 1. The van der Waals surface area contributed by atoms with E-state index in [0.717, 1.165) is 44.5 Å². The van der Waals surface area contributed by atoms with E-state index in [-0.39, 0.29) is 18.1 Å². The van der Waals surface area contributed by atoms with Gasteiger partial charge in [-0.05, 0) is 53.1 Å². The van der Waals surface area contributed by atoms with Gasteiger partial charge in [0.1, 0.15) is 18.0 Å². The maximum atomic E-state index is 13.1. The number of anilines is 1. The quantitative estimate of drug-likeness (QED) is 0.356. The molecule has 190 valence electrons. The predicted molar refractivity (Wildman–Crippen MR) is 144 cm³/mol. The molecule has 0 saturated carbocycles. The number of piperazine rings is 1. The fourth-order valence-electron chi connectivity index (χ4n) is 4.87. The third kappa shape index (κ3) is 4.82. The topological polar surface area (TPSA) is 80.0 Å². The van der Waals surface area contributed by atoms with Crippen LogP contribution in [0.5, 0.6) is 0 Å². The van der Waals surface area contributed by atoms with Crippen LogP contribution < -0.4 is 4.90 Å². The van der Waals surface area contributed by atoms with E-state index >= 15 is 0 Å². The van der Waals surface area contributed by atoms with Crippen LogP contribution in [0.3, 0.4) is 0 Å². The van der Waals surface area contributed by atoms with Gasteiger partial charge in [0, 0.05) is 68.3 Å². The zero-order chi connectivity index (χ0) is 26.1. The average Bonchev–Trinajstić information content (AvgIpc) is 3.40. The summed E-state index contributed by atoms with van der Waals surface area (Å²) in [4.78, 5) is 30.3. The molecule has 0 unspecified atom stereocenters. The highest BCUT2D eigenvalue weighted by Gasteiger charge is 2.22. The van der Waals surface area contributed by atoms with E-state index in [9.17, 15) is 9.18 Å². The Morgan fingerprint density at radius 1 is 0.895 bits per heavy atom. The minimum atomic E-state index is -0.295. The van der Waals surface area contributed by atoms with Gasteiger partial charge < -0.3 is 9.80 Å². The second-order valence-corrected chi connectivity index (χ2v) is 9.46. The number of aromatic nitrogens is 5. The molecule has 0 spiro atoms. The van der Waals surface area contributed by atoms with E-state index in [1.807, 2.05) is 42.8 Å². The summed E-state index contributed by atoms with van der Waals surface area (Å²) in [7, 11) is 1.90. The molecule has 3 aromatic heterocycles. The van der Waals surface area contributed by atoms with Gasteiger partial charge in [-0.25, -0.2) is 19.3 Å². The number of benzene rings is 2. The maximum absolute atomic E-state index is 13.1. The van der Waals surface area contributed by atoms with E-state index in [1.54, 1.807) is 23.1 Å². The molecule has 8 nitrogen and oxygen atoms in total. The first-order valence-electron chi connectivity index (χ1n) is 12.5. The lowest BCUT2D eigenvalue weighted by Crippen LogP contribution is -2.49. The molecule has 1 amide bonds. The number of pyridine rings is 1. The zero-order valence-electron chi connectivity index (χ0n) is 21.0. The fraction of sp³-hybridized carbons (Fsp3) is 0.207. The number of hydrogen-bond donors (Lipinski definition) is 0. The zero-order valence-corrected chi connectivity index (χ0v) is 21.0. The number of rotatable bonds is 5. The van der Waals surface area contributed by atoms with Crippen molar-refractivity contribution in [2.45, 2.75) is 6.42 Å². The fourth-order valence-corrected chi connectivity index (χ4v) is 4.87. The summed E-state index contributed by atoms with van der Waals surface area (Å²) in [5.74, 6) is 0.640. The molecule has 0 radical (unpaired) electrons. The van der Waals surface area contributed by atoms with E-state index in [1.165, 1.54) is 12.1 Å². The Morgan fingerprint density at radius 2 is 1.71 bits per heavy atom. The summed E-state index contributed by atoms with van der Waals surface area (Å²) in [5.41, 5.74) is 5.73. The van der Waals surface area contributed by atoms with Gasteiger partial charge in [-0.15, -0.1) is 0 Å². The lowest BCUT2D eigenvalue weighted by atomic mass is 9.97. The summed E-state index contributed by atoms with van der Waals surface area (Å²) in [6.07, 6.45) is 9.39. The minimum Gasteiger partial charge on any atom is -0.353 e. The molecule has 1 fully saturated rings. The highest BCUT2D eigenvalue weighted by molar-refractivity contribution is 5.97. The maximum Gasteiger partial charge on any atom is 0.227 e. The molecular formula is C29H26FN7O. The second kappa shape index (κ2) is 10.0. The van der Waals surface area contributed by atoms with Crippen molar-refractivity contribution in [3.05, 3.63) is 91.0 Å². The smallest absolute Gasteiger partial charge is 0.227 e. The van der Waals surface area contributed by atoms with Crippen molar-refractivity contribution in [1.29, 1.82) is 0 Å². The van der Waals surface area contributed by atoms with Gasteiger partial charge in [-0.2, -0.15) is 5.10 Å². The Bertz CT molecular complexity index is 1590. The molecule has 1 aliphatic rings. The molecule has 2 aromatic carbocycles. The number of carbonyl (C=O) groups excluding carboxylic acids is 1. The van der Waals surface area contributed by atoms with Crippen LogP contribution in [0.2, 0.25) is 0 Å². The van der Waals surface area contributed by atoms with Crippen LogP contribution in [0.25, 0.3) is 33.2 Å². The van der Waals surface area contributed by atoms with Crippen molar-refractivity contribution in [3.8, 4) is 22.3 Å². The lowest BCUT2D eigenvalue weighted by Gasteiger charge is -2.35. The van der Waals surface area contributed by atoms with E-state index in [2.05, 4.69) is 38.2 Å². The van der Waals surface area contributed by atoms with Crippen LogP contribution in [0.15, 0.2) is 79.6 Å². The Morgan fingerprint density at radius 3 is 2.42 bits per heavy atom. The van der Waals surface area contributed by atoms with Crippen LogP contribution >= 0.6 is 0 Å². The minimum absolute atomic E-state index is 0.0576. The Kier molecular flexibility index (Phi) is 6.25. The van der Waals surface area contributed by atoms with Crippen molar-refractivity contribution in [3.63, 3.8) is 0 Å². The molecule has 0 atom stereocenters. The number of aryl methyl sites for hydroxylation is 1. The molecule has 0 bridgehead atoms. The lowest BCUT2D eigenvalue weighted by molar-refractivity contribution is -0.130. The molecule has 1 aliphatic heterocycles. The highest BCUT2D eigenvalue weighted by atomic mass is 19.1. The summed E-state index contributed by atoms with van der Waals surface area (Å²) in [6, 6.07) is 14.4. The molecule has 1 saturated heterocycles. The second-order valence-electron chi connectivity index (χ2n) is 9.46. The Hall–Kier alpha value is -4.66. The van der Waals surface area contributed by atoms with Gasteiger partial charge in [0.25, 0.3) is 0 Å². The van der Waals surface area contributed by atoms with Gasteiger partial charge in [-0.3, -0.25) is 9.48 Å². The van der Waals surface area contributed by atoms with Crippen molar-refractivity contribution in [2.75, 3.05) is 31.1 Å². The van der Waals surface area contributed by atoms with Gasteiger partial charge in [-0.1, -0.05) is 12.1 Å². The van der Waals surface area contributed by atoms with Crippen molar-refractivity contribution in [1.82, 2.24) is 29.6 Å². The third-order valence-electron chi connectivity index (χ3n) is 6.95. The Balaban J connectivity index is 1.18. The number of hydrogen-bond acceptors (Lipinski definition) is 6. The highest BCUT2D eigenvalue weighted by Crippen LogP contribution is 2.33. The molecule has 6 rings (SSSR count). The number of carbonyl (C=O) groups is 1. The first-order valence-corrected chi connectivity index (χ1v) is 12.5. The van der Waals surface area contributed by atoms with Crippen LogP contribution in [0, 0.1) is 5.82 Å². The number of nitrogens with zero attached hydrogens (tertiary/aromatic N) is 7. The summed E-state index contributed by atoms with van der Waals surface area (Å²) in [5, 5.41) is 5.27. The van der Waals surface area contributed by atoms with Gasteiger partial charge in [0.2, 0.25) is 5.91 Å². The van der Waals surface area contributed by atoms with Crippen LogP contribution in [-0.4, -0.2) is 61.7 Å². The first kappa shape index (κ1) is 23.7. The normalized spacial score (nSPS) is 13.7. The van der Waals surface area contributed by atoms with E-state index in [0.29, 0.717) is 26.2 Å². The standard InChI is InChI=1S/C29H26FN7O/c1-35-18-23(16-34-35)22-13-25(26-17-31-19-33-27(26)14-22)21-4-7-28(32-15-21)36-8-10-37(11-9-36)29(38)12-20-2-5-24(30)6-3-20/h2-7,13-19H,8-12H2,1H3. The van der Waals surface area contributed by atoms with E-state index in [4.69, 9.17) is 4.98 Å². The molecular weight excluding hydrogens is 481 g/mol. The molecule has 9 heteroatoms. The van der Waals surface area contributed by atoms with Crippen LogP contribution in [0.4, 0.5) is 10.2 Å². The van der Waals surface area contributed by atoms with Gasteiger partial charge in [0.05, 0.1) is 18.1 Å². The van der Waals surface area contributed by atoms with E-state index < -0.39 is 0 Å². The van der Waals surface area contributed by atoms with Crippen molar-refractivity contribution < 1.29 is 9.18 Å². The first-order chi connectivity index (χ1) is 18.5. The summed E-state index contributed by atoms with van der Waals surface area (Å²) in [6.45, 7) is 2.65. The monoisotopic (exact) mass is 507 g/mol. The average molecular weight is 508 g/mol. The Labute approximate surface area is 219 Å². The number of fused-ring (bicyclic) bond motifs is 1. The van der Waals surface area contributed by atoms with Gasteiger partial charge in [0.15, 0.2) is 0 Å². The number of amides is 1. The van der Waals surface area contributed by atoms with Gasteiger partial charge >= 0.3 is 0 Å². The molecule has 38 heavy (non-hydrogen) atoms. The van der Waals surface area contributed by atoms with Crippen LogP contribution in [0.1, 0.15) is 5.56 Å². The molecule has 5 aromatic rings. The SMILES string of the molecule is Cn1cc(-c2cc(-c3ccc(N4CCN(C(=O)Cc5ccc(F)cc5)CC4)nc3)c3cncnc3c2)cn1. The molecule has 4 heterocycles. The molecule has 0 N–H and O–H groups in total. The summed E-state index contributed by atoms with van der Waals surface area (Å²) < 4.78 is 14.9. The largest absolute Gasteiger partial charge is 0.353 e. The van der Waals surface area contributed by atoms with Crippen LogP contribution in [-0.2, 0) is 18.3 Å². The predicted octanol–water partition coefficient (Wildman–Crippen LogP) is 4.12. The van der Waals surface area contributed by atoms with Crippen molar-refractivity contribution in [2.24, 2.45) is 7.05 Å².